The van der Waals surface area contributed by atoms with Crippen LogP contribution in [0.25, 0.3) is 27.9 Å². The van der Waals surface area contributed by atoms with Crippen LogP contribution in [0.4, 0.5) is 11.5 Å². The van der Waals surface area contributed by atoms with E-state index in [9.17, 15) is 4.79 Å². The summed E-state index contributed by atoms with van der Waals surface area (Å²) < 4.78 is 12.4. The minimum absolute atomic E-state index is 0.234. The molecule has 8 nitrogen and oxygen atoms in total. The zero-order valence-corrected chi connectivity index (χ0v) is 18.1. The van der Waals surface area contributed by atoms with Crippen molar-refractivity contribution >= 4 is 39.6 Å². The van der Waals surface area contributed by atoms with Crippen molar-refractivity contribution in [1.29, 1.82) is 0 Å². The van der Waals surface area contributed by atoms with Crippen LogP contribution in [0.15, 0.2) is 72.8 Å². The quantitative estimate of drug-likeness (QED) is 0.420. The second-order valence-corrected chi connectivity index (χ2v) is 7.33. The lowest BCUT2D eigenvalue weighted by Gasteiger charge is -2.10. The molecule has 0 saturated carbocycles. The maximum absolute atomic E-state index is 13.5. The van der Waals surface area contributed by atoms with Crippen LogP contribution in [-0.4, -0.2) is 34.7 Å². The zero-order chi connectivity index (χ0) is 22.9. The molecule has 0 atom stereocenters. The van der Waals surface area contributed by atoms with E-state index < -0.39 is 5.91 Å². The maximum Gasteiger partial charge on any atom is 0.261 e. The molecule has 3 N–H and O–H groups in total. The number of carbonyl (C=O) groups excluding carboxylic acids is 1. The highest BCUT2D eigenvalue weighted by Gasteiger charge is 2.25. The smallest absolute Gasteiger partial charge is 0.261 e. The van der Waals surface area contributed by atoms with Crippen LogP contribution in [0.2, 0.25) is 0 Å². The largest absolute Gasteiger partial charge is 0.497 e. The number of para-hydroxylation sites is 4. The Kier molecular flexibility index (Phi) is 5.02. The monoisotopic (exact) mass is 439 g/mol. The van der Waals surface area contributed by atoms with Crippen molar-refractivity contribution in [3.63, 3.8) is 0 Å². The molecule has 0 bridgehead atoms. The molecule has 8 heteroatoms. The summed E-state index contributed by atoms with van der Waals surface area (Å²) >= 11 is 0. The Morgan fingerprint density at radius 2 is 1.55 bits per heavy atom. The van der Waals surface area contributed by atoms with E-state index in [-0.39, 0.29) is 11.4 Å². The van der Waals surface area contributed by atoms with Crippen LogP contribution in [0.3, 0.4) is 0 Å². The molecular formula is C25H21N5O3. The molecule has 2 aromatic heterocycles. The Hall–Kier alpha value is -4.59. The van der Waals surface area contributed by atoms with E-state index >= 15 is 0 Å². The molecule has 3 aromatic carbocycles. The van der Waals surface area contributed by atoms with Gasteiger partial charge in [0.15, 0.2) is 5.65 Å². The van der Waals surface area contributed by atoms with Crippen LogP contribution in [0.5, 0.6) is 11.5 Å². The number of nitrogens with one attached hydrogen (secondary N) is 1. The number of benzene rings is 3. The Bertz CT molecular complexity index is 1490. The summed E-state index contributed by atoms with van der Waals surface area (Å²) in [6.45, 7) is 0. The van der Waals surface area contributed by atoms with Crippen molar-refractivity contribution in [1.82, 2.24) is 14.5 Å². The summed E-state index contributed by atoms with van der Waals surface area (Å²) in [5.41, 5.74) is 10.3. The fourth-order valence-corrected chi connectivity index (χ4v) is 3.81. The van der Waals surface area contributed by atoms with Crippen molar-refractivity contribution < 1.29 is 14.3 Å². The summed E-state index contributed by atoms with van der Waals surface area (Å²) in [7, 11) is 3.15. The number of ether oxygens (including phenoxy) is 2. The number of anilines is 2. The fourth-order valence-electron chi connectivity index (χ4n) is 3.81. The first-order valence-electron chi connectivity index (χ1n) is 10.3. The predicted octanol–water partition coefficient (Wildman–Crippen LogP) is 4.43. The molecule has 0 aliphatic heterocycles. The number of amides is 1. The van der Waals surface area contributed by atoms with E-state index in [1.165, 1.54) is 0 Å². The van der Waals surface area contributed by atoms with E-state index in [0.29, 0.717) is 39.4 Å². The molecule has 0 saturated heterocycles. The number of aromatic nitrogens is 3. The molecule has 0 unspecified atom stereocenters. The fraction of sp³-hybridized carbons (Fsp3) is 0.0800. The molecule has 0 radical (unpaired) electrons. The predicted molar refractivity (Wildman–Crippen MR) is 128 cm³/mol. The lowest BCUT2D eigenvalue weighted by molar-refractivity contribution is 0.102. The lowest BCUT2D eigenvalue weighted by atomic mass is 10.2. The minimum Gasteiger partial charge on any atom is -0.497 e. The lowest BCUT2D eigenvalue weighted by Crippen LogP contribution is -2.15. The normalized spacial score (nSPS) is 11.0. The van der Waals surface area contributed by atoms with E-state index in [1.54, 1.807) is 30.9 Å². The topological polar surface area (TPSA) is 104 Å². The highest BCUT2D eigenvalue weighted by molar-refractivity contribution is 6.16. The number of hydrogen-bond acceptors (Lipinski definition) is 6. The molecule has 5 aromatic rings. The van der Waals surface area contributed by atoms with Crippen molar-refractivity contribution in [2.75, 3.05) is 25.3 Å². The Labute approximate surface area is 189 Å². The summed E-state index contributed by atoms with van der Waals surface area (Å²) in [6.07, 6.45) is 0. The number of methoxy groups -OCH3 is 2. The van der Waals surface area contributed by atoms with Gasteiger partial charge >= 0.3 is 0 Å². The first kappa shape index (κ1) is 20.3. The van der Waals surface area contributed by atoms with Crippen LogP contribution < -0.4 is 20.5 Å². The average Bonchev–Trinajstić information content (AvgIpc) is 3.13. The summed E-state index contributed by atoms with van der Waals surface area (Å²) in [6, 6.07) is 22.0. The molecule has 0 aliphatic carbocycles. The second-order valence-electron chi connectivity index (χ2n) is 7.33. The van der Waals surface area contributed by atoms with Gasteiger partial charge in [0.05, 0.1) is 30.9 Å². The number of fused-ring (bicyclic) bond motifs is 2. The van der Waals surface area contributed by atoms with E-state index in [0.717, 1.165) is 5.69 Å². The third-order valence-corrected chi connectivity index (χ3v) is 5.41. The standard InChI is InChI=1S/C25H21N5O3/c1-32-16-13-11-15(12-14-16)30-23(26)21(25(31)29-19-9-5-6-10-20(19)33-2)22-24(30)28-18-8-4-3-7-17(18)27-22/h3-14H,26H2,1-2H3,(H,29,31). The van der Waals surface area contributed by atoms with Gasteiger partial charge in [-0.05, 0) is 48.5 Å². The van der Waals surface area contributed by atoms with Crippen LogP contribution in [-0.2, 0) is 0 Å². The van der Waals surface area contributed by atoms with Crippen molar-refractivity contribution in [2.24, 2.45) is 0 Å². The van der Waals surface area contributed by atoms with Crippen molar-refractivity contribution in [3.8, 4) is 17.2 Å². The first-order valence-corrected chi connectivity index (χ1v) is 10.3. The van der Waals surface area contributed by atoms with Crippen LogP contribution in [0, 0.1) is 0 Å². The molecule has 0 spiro atoms. The molecule has 2 heterocycles. The third-order valence-electron chi connectivity index (χ3n) is 5.41. The van der Waals surface area contributed by atoms with Gasteiger partial charge in [-0.1, -0.05) is 24.3 Å². The van der Waals surface area contributed by atoms with Gasteiger partial charge in [-0.25, -0.2) is 9.97 Å². The van der Waals surface area contributed by atoms with Gasteiger partial charge < -0.3 is 20.5 Å². The molecule has 0 fully saturated rings. The summed E-state index contributed by atoms with van der Waals surface area (Å²) in [4.78, 5) is 23.0. The number of rotatable bonds is 5. The zero-order valence-electron chi connectivity index (χ0n) is 18.1. The molecule has 1 amide bonds. The highest BCUT2D eigenvalue weighted by Crippen LogP contribution is 2.33. The number of nitrogen functional groups attached to an aromatic ring is 1. The van der Waals surface area contributed by atoms with Gasteiger partial charge in [-0.2, -0.15) is 0 Å². The average molecular weight is 439 g/mol. The third kappa shape index (κ3) is 3.47. The van der Waals surface area contributed by atoms with Gasteiger partial charge in [0.1, 0.15) is 28.4 Å². The SMILES string of the molecule is COc1ccc(-n2c(N)c(C(=O)Nc3ccccc3OC)c3nc4ccccc4nc32)cc1. The van der Waals surface area contributed by atoms with E-state index in [1.807, 2.05) is 60.7 Å². The van der Waals surface area contributed by atoms with E-state index in [4.69, 9.17) is 25.2 Å². The Morgan fingerprint density at radius 3 is 2.24 bits per heavy atom. The summed E-state index contributed by atoms with van der Waals surface area (Å²) in [5.74, 6) is 1.08. The number of carbonyl (C=O) groups is 1. The van der Waals surface area contributed by atoms with E-state index in [2.05, 4.69) is 5.32 Å². The molecule has 164 valence electrons. The molecule has 5 rings (SSSR count). The van der Waals surface area contributed by atoms with Gasteiger partial charge in [-0.3, -0.25) is 9.36 Å². The maximum atomic E-state index is 13.5. The van der Waals surface area contributed by atoms with Crippen LogP contribution >= 0.6 is 0 Å². The molecular weight excluding hydrogens is 418 g/mol. The summed E-state index contributed by atoms with van der Waals surface area (Å²) in [5, 5.41) is 2.90. The molecule has 0 aliphatic rings. The number of nitrogens with zero attached hydrogens (tertiary/aromatic N) is 3. The first-order chi connectivity index (χ1) is 16.1. The molecule has 33 heavy (non-hydrogen) atoms. The number of hydrogen-bond donors (Lipinski definition) is 2. The van der Waals surface area contributed by atoms with Gasteiger partial charge in [-0.15, -0.1) is 0 Å². The van der Waals surface area contributed by atoms with Gasteiger partial charge in [0.2, 0.25) is 0 Å². The van der Waals surface area contributed by atoms with Crippen molar-refractivity contribution in [2.45, 2.75) is 0 Å². The van der Waals surface area contributed by atoms with Gasteiger partial charge in [0, 0.05) is 5.69 Å². The van der Waals surface area contributed by atoms with Crippen LogP contribution in [0.1, 0.15) is 10.4 Å². The second kappa shape index (κ2) is 8.16. The number of nitrogens with two attached hydrogens (primary N) is 1. The van der Waals surface area contributed by atoms with Crippen molar-refractivity contribution in [3.05, 3.63) is 78.4 Å². The highest BCUT2D eigenvalue weighted by atomic mass is 16.5. The van der Waals surface area contributed by atoms with Gasteiger partial charge in [0.25, 0.3) is 5.91 Å². The minimum atomic E-state index is -0.404. The Morgan fingerprint density at radius 1 is 0.879 bits per heavy atom. The Balaban J connectivity index is 1.73.